The van der Waals surface area contributed by atoms with Gasteiger partial charge in [0.1, 0.15) is 0 Å². The number of aliphatic hydroxyl groups excluding tert-OH is 1. The zero-order valence-electron chi connectivity index (χ0n) is 12.7. The summed E-state index contributed by atoms with van der Waals surface area (Å²) in [5, 5.41) is 20.8. The predicted octanol–water partition coefficient (Wildman–Crippen LogP) is 2.16. The summed E-state index contributed by atoms with van der Waals surface area (Å²) in [6.07, 6.45) is 7.14. The molecular formula is C17H23N3O2. The van der Waals surface area contributed by atoms with Gasteiger partial charge in [-0.2, -0.15) is 5.10 Å². The van der Waals surface area contributed by atoms with Crippen LogP contribution in [0, 0.1) is 5.92 Å². The van der Waals surface area contributed by atoms with E-state index in [9.17, 15) is 9.90 Å². The maximum Gasteiger partial charge on any atom is 0.224 e. The van der Waals surface area contributed by atoms with E-state index in [1.165, 1.54) is 6.42 Å². The van der Waals surface area contributed by atoms with E-state index in [4.69, 9.17) is 0 Å². The van der Waals surface area contributed by atoms with Gasteiger partial charge in [0.15, 0.2) is 0 Å². The van der Waals surface area contributed by atoms with Gasteiger partial charge in [0, 0.05) is 11.9 Å². The second-order valence-corrected chi connectivity index (χ2v) is 6.22. The van der Waals surface area contributed by atoms with Crippen LogP contribution in [0.1, 0.15) is 37.7 Å². The molecule has 1 amide bonds. The molecule has 1 saturated carbocycles. The molecule has 1 heterocycles. The van der Waals surface area contributed by atoms with Crippen molar-refractivity contribution in [2.75, 3.05) is 6.54 Å². The Hall–Kier alpha value is -1.88. The van der Waals surface area contributed by atoms with Crippen LogP contribution in [-0.4, -0.2) is 33.9 Å². The summed E-state index contributed by atoms with van der Waals surface area (Å²) in [4.78, 5) is 12.0. The molecule has 5 nitrogen and oxygen atoms in total. The van der Waals surface area contributed by atoms with Crippen molar-refractivity contribution in [1.29, 1.82) is 0 Å². The second-order valence-electron chi connectivity index (χ2n) is 6.22. The number of fused-ring (bicyclic) bond motifs is 1. The number of benzene rings is 1. The number of amides is 1. The Morgan fingerprint density at radius 2 is 2.23 bits per heavy atom. The number of carbonyl (C=O) groups is 1. The number of aliphatic hydroxyl groups is 1. The molecular weight excluding hydrogens is 278 g/mol. The standard InChI is InChI=1S/C17H23N3O2/c21-16-4-2-1-3-13(16)7-8-18-17(22)10-12-5-6-15-14(9-12)11-19-20-15/h5-6,9,11,13,16,21H,1-4,7-8,10H2,(H,18,22)(H,19,20)/t13-,16-/m1/s1. The van der Waals surface area contributed by atoms with Gasteiger partial charge in [-0.05, 0) is 42.9 Å². The van der Waals surface area contributed by atoms with Crippen LogP contribution in [0.2, 0.25) is 0 Å². The molecule has 2 atom stereocenters. The van der Waals surface area contributed by atoms with Crippen LogP contribution in [0.4, 0.5) is 0 Å². The highest BCUT2D eigenvalue weighted by Gasteiger charge is 2.22. The van der Waals surface area contributed by atoms with Crippen LogP contribution in [0.5, 0.6) is 0 Å². The fraction of sp³-hybridized carbons (Fsp3) is 0.529. The lowest BCUT2D eigenvalue weighted by molar-refractivity contribution is -0.120. The van der Waals surface area contributed by atoms with Crippen molar-refractivity contribution in [3.63, 3.8) is 0 Å². The molecule has 0 aliphatic heterocycles. The third kappa shape index (κ3) is 3.65. The number of carbonyl (C=O) groups excluding carboxylic acids is 1. The van der Waals surface area contributed by atoms with Gasteiger partial charge in [-0.1, -0.05) is 18.9 Å². The van der Waals surface area contributed by atoms with Crippen LogP contribution in [-0.2, 0) is 11.2 Å². The Morgan fingerprint density at radius 1 is 1.36 bits per heavy atom. The Kier molecular flexibility index (Phi) is 4.73. The van der Waals surface area contributed by atoms with E-state index in [1.54, 1.807) is 6.20 Å². The fourth-order valence-electron chi connectivity index (χ4n) is 3.27. The number of nitrogens with zero attached hydrogens (tertiary/aromatic N) is 1. The van der Waals surface area contributed by atoms with Crippen molar-refractivity contribution in [2.45, 2.75) is 44.6 Å². The fourth-order valence-corrected chi connectivity index (χ4v) is 3.27. The molecule has 0 spiro atoms. The average Bonchev–Trinajstić information content (AvgIpc) is 2.97. The SMILES string of the molecule is O=C(Cc1ccc2[nH]ncc2c1)NCC[C@H]1CCCC[C@H]1O. The monoisotopic (exact) mass is 301 g/mol. The number of aromatic nitrogens is 2. The van der Waals surface area contributed by atoms with Crippen molar-refractivity contribution in [1.82, 2.24) is 15.5 Å². The zero-order chi connectivity index (χ0) is 15.4. The number of H-pyrrole nitrogens is 1. The van der Waals surface area contributed by atoms with Gasteiger partial charge < -0.3 is 10.4 Å². The molecule has 2 aromatic rings. The number of hydrogen-bond donors (Lipinski definition) is 3. The molecule has 0 unspecified atom stereocenters. The van der Waals surface area contributed by atoms with Crippen molar-refractivity contribution >= 4 is 16.8 Å². The second kappa shape index (κ2) is 6.92. The van der Waals surface area contributed by atoms with E-state index < -0.39 is 0 Å². The van der Waals surface area contributed by atoms with Gasteiger partial charge >= 0.3 is 0 Å². The smallest absolute Gasteiger partial charge is 0.224 e. The van der Waals surface area contributed by atoms with Crippen molar-refractivity contribution in [3.05, 3.63) is 30.0 Å². The summed E-state index contributed by atoms with van der Waals surface area (Å²) < 4.78 is 0. The first-order valence-electron chi connectivity index (χ1n) is 8.09. The van der Waals surface area contributed by atoms with E-state index in [0.717, 1.165) is 42.1 Å². The number of hydrogen-bond acceptors (Lipinski definition) is 3. The lowest BCUT2D eigenvalue weighted by Gasteiger charge is -2.27. The Balaban J connectivity index is 1.45. The number of rotatable bonds is 5. The molecule has 1 fully saturated rings. The topological polar surface area (TPSA) is 78.0 Å². The van der Waals surface area contributed by atoms with Crippen molar-refractivity contribution < 1.29 is 9.90 Å². The first kappa shape index (κ1) is 15.0. The third-order valence-electron chi connectivity index (χ3n) is 4.58. The maximum atomic E-state index is 12.0. The number of aromatic amines is 1. The third-order valence-corrected chi connectivity index (χ3v) is 4.58. The minimum Gasteiger partial charge on any atom is -0.393 e. The maximum absolute atomic E-state index is 12.0. The first-order chi connectivity index (χ1) is 10.7. The van der Waals surface area contributed by atoms with Gasteiger partial charge in [-0.25, -0.2) is 0 Å². The molecule has 1 aliphatic carbocycles. The summed E-state index contributed by atoms with van der Waals surface area (Å²) in [5.41, 5.74) is 1.97. The largest absolute Gasteiger partial charge is 0.393 e. The van der Waals surface area contributed by atoms with E-state index in [-0.39, 0.29) is 12.0 Å². The van der Waals surface area contributed by atoms with Gasteiger partial charge in [-0.15, -0.1) is 0 Å². The summed E-state index contributed by atoms with van der Waals surface area (Å²) in [5.74, 6) is 0.379. The molecule has 118 valence electrons. The van der Waals surface area contributed by atoms with Crippen LogP contribution < -0.4 is 5.32 Å². The van der Waals surface area contributed by atoms with Crippen molar-refractivity contribution in [3.8, 4) is 0 Å². The molecule has 3 N–H and O–H groups in total. The summed E-state index contributed by atoms with van der Waals surface area (Å²) in [6.45, 7) is 0.647. The Morgan fingerprint density at radius 3 is 3.09 bits per heavy atom. The minimum absolute atomic E-state index is 0.0353. The van der Waals surface area contributed by atoms with Crippen LogP contribution >= 0.6 is 0 Å². The van der Waals surface area contributed by atoms with E-state index in [0.29, 0.717) is 18.9 Å². The van der Waals surface area contributed by atoms with Gasteiger partial charge in [0.2, 0.25) is 5.91 Å². The molecule has 1 aliphatic rings. The molecule has 1 aromatic heterocycles. The van der Waals surface area contributed by atoms with Crippen LogP contribution in [0.3, 0.4) is 0 Å². The van der Waals surface area contributed by atoms with Gasteiger partial charge in [0.05, 0.1) is 24.2 Å². The highest BCUT2D eigenvalue weighted by Crippen LogP contribution is 2.26. The summed E-state index contributed by atoms with van der Waals surface area (Å²) in [6, 6.07) is 5.89. The lowest BCUT2D eigenvalue weighted by atomic mass is 9.84. The summed E-state index contributed by atoms with van der Waals surface area (Å²) in [7, 11) is 0. The normalized spacial score (nSPS) is 21.9. The van der Waals surface area contributed by atoms with Crippen LogP contribution in [0.25, 0.3) is 10.9 Å². The first-order valence-corrected chi connectivity index (χ1v) is 8.09. The highest BCUT2D eigenvalue weighted by molar-refractivity contribution is 5.82. The van der Waals surface area contributed by atoms with E-state index in [2.05, 4.69) is 15.5 Å². The quantitative estimate of drug-likeness (QED) is 0.792. The van der Waals surface area contributed by atoms with Gasteiger partial charge in [-0.3, -0.25) is 9.89 Å². The number of nitrogens with one attached hydrogen (secondary N) is 2. The zero-order valence-corrected chi connectivity index (χ0v) is 12.7. The highest BCUT2D eigenvalue weighted by atomic mass is 16.3. The molecule has 0 radical (unpaired) electrons. The van der Waals surface area contributed by atoms with Crippen LogP contribution in [0.15, 0.2) is 24.4 Å². The van der Waals surface area contributed by atoms with Gasteiger partial charge in [0.25, 0.3) is 0 Å². The summed E-state index contributed by atoms with van der Waals surface area (Å²) >= 11 is 0. The molecule has 1 aromatic carbocycles. The molecule has 0 saturated heterocycles. The van der Waals surface area contributed by atoms with E-state index >= 15 is 0 Å². The Bertz CT molecular complexity index is 638. The van der Waals surface area contributed by atoms with Crippen molar-refractivity contribution in [2.24, 2.45) is 5.92 Å². The lowest BCUT2D eigenvalue weighted by Crippen LogP contribution is -2.31. The molecule has 5 heteroatoms. The van der Waals surface area contributed by atoms with E-state index in [1.807, 2.05) is 18.2 Å². The predicted molar refractivity (Wildman–Crippen MR) is 85.4 cm³/mol. The average molecular weight is 301 g/mol. The Labute approximate surface area is 130 Å². The minimum atomic E-state index is -0.186. The molecule has 3 rings (SSSR count). The molecule has 22 heavy (non-hydrogen) atoms. The molecule has 0 bridgehead atoms.